The van der Waals surface area contributed by atoms with Crippen LogP contribution in [0.2, 0.25) is 0 Å². The van der Waals surface area contributed by atoms with Crippen LogP contribution in [0.15, 0.2) is 47.6 Å². The normalized spacial score (nSPS) is 12.7. The van der Waals surface area contributed by atoms with Gasteiger partial charge in [0.05, 0.1) is 13.3 Å². The van der Waals surface area contributed by atoms with Gasteiger partial charge in [0, 0.05) is 10.9 Å². The van der Waals surface area contributed by atoms with Crippen LogP contribution in [0.1, 0.15) is 16.1 Å². The molecular formula is C18H15N3O4. The van der Waals surface area contributed by atoms with Crippen molar-refractivity contribution in [2.45, 2.75) is 0 Å². The van der Waals surface area contributed by atoms with E-state index in [9.17, 15) is 4.79 Å². The highest BCUT2D eigenvalue weighted by atomic mass is 16.7. The Kier molecular flexibility index (Phi) is 3.74. The van der Waals surface area contributed by atoms with Gasteiger partial charge in [0.1, 0.15) is 11.4 Å². The van der Waals surface area contributed by atoms with Crippen LogP contribution in [-0.4, -0.2) is 31.0 Å². The molecule has 1 aliphatic heterocycles. The lowest BCUT2D eigenvalue weighted by atomic mass is 10.2. The molecule has 0 bridgehead atoms. The number of carbonyl (C=O) groups is 1. The fourth-order valence-electron chi connectivity index (χ4n) is 2.58. The van der Waals surface area contributed by atoms with Gasteiger partial charge in [-0.2, -0.15) is 5.10 Å². The van der Waals surface area contributed by atoms with Gasteiger partial charge in [0.15, 0.2) is 11.5 Å². The number of fused-ring (bicyclic) bond motifs is 2. The number of nitrogens with one attached hydrogen (secondary N) is 2. The van der Waals surface area contributed by atoms with Crippen molar-refractivity contribution < 1.29 is 19.0 Å². The molecule has 7 heteroatoms. The van der Waals surface area contributed by atoms with Crippen LogP contribution in [0.4, 0.5) is 0 Å². The highest BCUT2D eigenvalue weighted by molar-refractivity contribution is 5.98. The number of aromatic nitrogens is 1. The Balaban J connectivity index is 1.46. The van der Waals surface area contributed by atoms with E-state index in [2.05, 4.69) is 15.5 Å². The number of amides is 1. The van der Waals surface area contributed by atoms with Crippen LogP contribution >= 0.6 is 0 Å². The smallest absolute Gasteiger partial charge is 0.287 e. The molecule has 0 saturated carbocycles. The number of benzene rings is 2. The van der Waals surface area contributed by atoms with E-state index in [4.69, 9.17) is 14.2 Å². The summed E-state index contributed by atoms with van der Waals surface area (Å²) in [4.78, 5) is 15.3. The molecule has 0 fully saturated rings. The number of H-pyrrole nitrogens is 1. The Morgan fingerprint density at radius 2 is 2.08 bits per heavy atom. The third-order valence-corrected chi connectivity index (χ3v) is 3.85. The van der Waals surface area contributed by atoms with Crippen molar-refractivity contribution in [2.75, 3.05) is 13.9 Å². The van der Waals surface area contributed by atoms with Gasteiger partial charge in [-0.15, -0.1) is 0 Å². The third kappa shape index (κ3) is 2.99. The first-order valence-corrected chi connectivity index (χ1v) is 7.63. The number of hydrogen-bond donors (Lipinski definition) is 2. The number of nitrogens with zero attached hydrogens (tertiary/aromatic N) is 1. The number of hydrogen-bond acceptors (Lipinski definition) is 5. The standard InChI is InChI=1S/C18H15N3O4/c1-23-13-3-4-14-12(7-13)8-15(20-14)18(22)21-19-9-11-2-5-16-17(6-11)25-10-24-16/h2-9,20H,10H2,1H3,(H,21,22)/b19-9+. The van der Waals surface area contributed by atoms with E-state index in [0.29, 0.717) is 17.2 Å². The SMILES string of the molecule is COc1ccc2[nH]c(C(=O)N/N=C/c3ccc4c(c3)OCO4)cc2c1. The molecule has 2 aromatic carbocycles. The average molecular weight is 337 g/mol. The summed E-state index contributed by atoms with van der Waals surface area (Å²) in [6.07, 6.45) is 1.55. The zero-order chi connectivity index (χ0) is 17.2. The molecule has 0 saturated heterocycles. The van der Waals surface area contributed by atoms with Gasteiger partial charge in [0.25, 0.3) is 5.91 Å². The van der Waals surface area contributed by atoms with Crippen molar-refractivity contribution in [1.29, 1.82) is 0 Å². The van der Waals surface area contributed by atoms with Gasteiger partial charge in [-0.3, -0.25) is 4.79 Å². The zero-order valence-corrected chi connectivity index (χ0v) is 13.4. The van der Waals surface area contributed by atoms with Crippen LogP contribution < -0.4 is 19.6 Å². The van der Waals surface area contributed by atoms with E-state index in [-0.39, 0.29) is 12.7 Å². The maximum absolute atomic E-state index is 12.2. The largest absolute Gasteiger partial charge is 0.497 e. The first-order valence-electron chi connectivity index (χ1n) is 7.63. The highest BCUT2D eigenvalue weighted by Crippen LogP contribution is 2.31. The van der Waals surface area contributed by atoms with E-state index in [1.807, 2.05) is 24.3 Å². The minimum Gasteiger partial charge on any atom is -0.497 e. The van der Waals surface area contributed by atoms with E-state index in [0.717, 1.165) is 22.2 Å². The minimum atomic E-state index is -0.327. The monoisotopic (exact) mass is 337 g/mol. The quantitative estimate of drug-likeness (QED) is 0.566. The molecular weight excluding hydrogens is 322 g/mol. The van der Waals surface area contributed by atoms with Crippen LogP contribution in [0.5, 0.6) is 17.2 Å². The van der Waals surface area contributed by atoms with E-state index >= 15 is 0 Å². The number of aromatic amines is 1. The summed E-state index contributed by atoms with van der Waals surface area (Å²) in [5, 5.41) is 4.87. The number of rotatable bonds is 4. The first-order chi connectivity index (χ1) is 12.2. The van der Waals surface area contributed by atoms with Gasteiger partial charge in [-0.05, 0) is 48.0 Å². The summed E-state index contributed by atoms with van der Waals surface area (Å²) in [5.41, 5.74) is 4.57. The Hall–Kier alpha value is -3.48. The number of hydrazone groups is 1. The summed E-state index contributed by atoms with van der Waals surface area (Å²) >= 11 is 0. The summed E-state index contributed by atoms with van der Waals surface area (Å²) in [5.74, 6) is 1.78. The number of methoxy groups -OCH3 is 1. The first kappa shape index (κ1) is 15.1. The van der Waals surface area contributed by atoms with Crippen molar-refractivity contribution in [1.82, 2.24) is 10.4 Å². The topological polar surface area (TPSA) is 84.9 Å². The van der Waals surface area contributed by atoms with Gasteiger partial charge in [0.2, 0.25) is 6.79 Å². The predicted octanol–water partition coefficient (Wildman–Crippen LogP) is 2.67. The third-order valence-electron chi connectivity index (χ3n) is 3.85. The van der Waals surface area contributed by atoms with E-state index < -0.39 is 0 Å². The highest BCUT2D eigenvalue weighted by Gasteiger charge is 2.13. The molecule has 1 amide bonds. The molecule has 3 aromatic rings. The minimum absolute atomic E-state index is 0.220. The molecule has 0 atom stereocenters. The van der Waals surface area contributed by atoms with Gasteiger partial charge < -0.3 is 19.2 Å². The van der Waals surface area contributed by atoms with Crippen LogP contribution in [0, 0.1) is 0 Å². The average Bonchev–Trinajstić information content (AvgIpc) is 3.26. The molecule has 1 aromatic heterocycles. The van der Waals surface area contributed by atoms with E-state index in [1.54, 1.807) is 31.5 Å². The lowest BCUT2D eigenvalue weighted by Crippen LogP contribution is -2.17. The molecule has 25 heavy (non-hydrogen) atoms. The molecule has 0 aliphatic carbocycles. The number of carbonyl (C=O) groups excluding carboxylic acids is 1. The molecule has 1 aliphatic rings. The zero-order valence-electron chi connectivity index (χ0n) is 13.4. The molecule has 0 radical (unpaired) electrons. The van der Waals surface area contributed by atoms with Crippen molar-refractivity contribution >= 4 is 23.0 Å². The summed E-state index contributed by atoms with van der Waals surface area (Å²) < 4.78 is 15.7. The summed E-state index contributed by atoms with van der Waals surface area (Å²) in [7, 11) is 1.60. The molecule has 2 heterocycles. The molecule has 0 spiro atoms. The molecule has 2 N–H and O–H groups in total. The maximum Gasteiger partial charge on any atom is 0.287 e. The van der Waals surface area contributed by atoms with Crippen molar-refractivity contribution in [3.8, 4) is 17.2 Å². The molecule has 7 nitrogen and oxygen atoms in total. The fourth-order valence-corrected chi connectivity index (χ4v) is 2.58. The second-order valence-electron chi connectivity index (χ2n) is 5.45. The lowest BCUT2D eigenvalue weighted by molar-refractivity contribution is 0.0951. The van der Waals surface area contributed by atoms with Crippen molar-refractivity contribution in [3.05, 3.63) is 53.7 Å². The Bertz CT molecular complexity index is 978. The van der Waals surface area contributed by atoms with Crippen LogP contribution in [0.25, 0.3) is 10.9 Å². The van der Waals surface area contributed by atoms with Gasteiger partial charge in [-0.25, -0.2) is 5.43 Å². The Labute approximate surface area is 143 Å². The maximum atomic E-state index is 12.2. The van der Waals surface area contributed by atoms with Gasteiger partial charge in [-0.1, -0.05) is 0 Å². The van der Waals surface area contributed by atoms with Gasteiger partial charge >= 0.3 is 0 Å². The number of ether oxygens (including phenoxy) is 3. The second-order valence-corrected chi connectivity index (χ2v) is 5.45. The Morgan fingerprint density at radius 1 is 1.20 bits per heavy atom. The summed E-state index contributed by atoms with van der Waals surface area (Å²) in [6, 6.07) is 12.7. The molecule has 4 rings (SSSR count). The predicted molar refractivity (Wildman–Crippen MR) is 92.5 cm³/mol. The fraction of sp³-hybridized carbons (Fsp3) is 0.111. The van der Waals surface area contributed by atoms with E-state index in [1.165, 1.54) is 0 Å². The second kappa shape index (κ2) is 6.20. The van der Waals surface area contributed by atoms with Crippen LogP contribution in [-0.2, 0) is 0 Å². The molecule has 0 unspecified atom stereocenters. The van der Waals surface area contributed by atoms with Crippen LogP contribution in [0.3, 0.4) is 0 Å². The van der Waals surface area contributed by atoms with Crippen molar-refractivity contribution in [2.24, 2.45) is 5.10 Å². The lowest BCUT2D eigenvalue weighted by Gasteiger charge is -1.98. The Morgan fingerprint density at radius 3 is 2.96 bits per heavy atom. The van der Waals surface area contributed by atoms with Crippen molar-refractivity contribution in [3.63, 3.8) is 0 Å². The molecule has 126 valence electrons. The summed E-state index contributed by atoms with van der Waals surface area (Å²) in [6.45, 7) is 0.220.